The van der Waals surface area contributed by atoms with Crippen LogP contribution in [-0.4, -0.2) is 31.0 Å². The van der Waals surface area contributed by atoms with Gasteiger partial charge in [0.2, 0.25) is 11.8 Å². The molecule has 5 nitrogen and oxygen atoms in total. The van der Waals surface area contributed by atoms with Crippen LogP contribution >= 0.6 is 0 Å². The molecule has 6 heteroatoms. The van der Waals surface area contributed by atoms with Crippen LogP contribution in [0.5, 0.6) is 5.75 Å². The lowest BCUT2D eigenvalue weighted by atomic mass is 10.1. The van der Waals surface area contributed by atoms with Crippen LogP contribution in [0.3, 0.4) is 0 Å². The fourth-order valence-corrected chi connectivity index (χ4v) is 2.77. The number of nitrogens with one attached hydrogen (secondary N) is 2. The van der Waals surface area contributed by atoms with Gasteiger partial charge in [-0.25, -0.2) is 4.39 Å². The number of benzene rings is 1. The lowest BCUT2D eigenvalue weighted by molar-refractivity contribution is -0.130. The van der Waals surface area contributed by atoms with Crippen LogP contribution in [0.1, 0.15) is 39.0 Å². The SMILES string of the molecule is CC(NC(=O)C1CCCC1)C(=O)NCCCOc1ccccc1F. The molecule has 2 N–H and O–H groups in total. The minimum atomic E-state index is -0.550. The summed E-state index contributed by atoms with van der Waals surface area (Å²) in [4.78, 5) is 23.9. The molecular weight excluding hydrogens is 311 g/mol. The van der Waals surface area contributed by atoms with Crippen molar-refractivity contribution in [2.24, 2.45) is 5.92 Å². The number of halogens is 1. The van der Waals surface area contributed by atoms with Crippen molar-refractivity contribution in [3.63, 3.8) is 0 Å². The first-order valence-corrected chi connectivity index (χ1v) is 8.53. The average Bonchev–Trinajstić information content (AvgIpc) is 3.10. The van der Waals surface area contributed by atoms with Gasteiger partial charge in [0.1, 0.15) is 6.04 Å². The highest BCUT2D eigenvalue weighted by Crippen LogP contribution is 2.24. The van der Waals surface area contributed by atoms with E-state index in [2.05, 4.69) is 10.6 Å². The van der Waals surface area contributed by atoms with Gasteiger partial charge < -0.3 is 15.4 Å². The van der Waals surface area contributed by atoms with E-state index >= 15 is 0 Å². The molecule has 0 bridgehead atoms. The van der Waals surface area contributed by atoms with E-state index in [1.54, 1.807) is 25.1 Å². The van der Waals surface area contributed by atoms with Crippen LogP contribution in [-0.2, 0) is 9.59 Å². The monoisotopic (exact) mass is 336 g/mol. The minimum Gasteiger partial charge on any atom is -0.490 e. The second-order valence-corrected chi connectivity index (χ2v) is 6.14. The summed E-state index contributed by atoms with van der Waals surface area (Å²) in [6.45, 7) is 2.40. The number of carbonyl (C=O) groups excluding carboxylic acids is 2. The molecule has 0 aromatic heterocycles. The quantitative estimate of drug-likeness (QED) is 0.717. The molecule has 0 radical (unpaired) electrons. The van der Waals surface area contributed by atoms with Gasteiger partial charge in [0.25, 0.3) is 0 Å². The molecule has 24 heavy (non-hydrogen) atoms. The molecule has 1 unspecified atom stereocenters. The van der Waals surface area contributed by atoms with Gasteiger partial charge in [-0.15, -0.1) is 0 Å². The van der Waals surface area contributed by atoms with Crippen molar-refractivity contribution in [3.05, 3.63) is 30.1 Å². The Bertz CT molecular complexity index is 559. The highest BCUT2D eigenvalue weighted by Gasteiger charge is 2.25. The highest BCUT2D eigenvalue weighted by atomic mass is 19.1. The third-order valence-corrected chi connectivity index (χ3v) is 4.19. The summed E-state index contributed by atoms with van der Waals surface area (Å²) in [5.74, 6) is -0.384. The summed E-state index contributed by atoms with van der Waals surface area (Å²) in [6.07, 6.45) is 4.55. The largest absolute Gasteiger partial charge is 0.490 e. The molecule has 1 aliphatic rings. The fourth-order valence-electron chi connectivity index (χ4n) is 2.77. The summed E-state index contributed by atoms with van der Waals surface area (Å²) >= 11 is 0. The van der Waals surface area contributed by atoms with Crippen molar-refractivity contribution in [2.75, 3.05) is 13.2 Å². The molecule has 2 rings (SSSR count). The van der Waals surface area contributed by atoms with Crippen LogP contribution in [0.25, 0.3) is 0 Å². The van der Waals surface area contributed by atoms with Crippen molar-refractivity contribution in [3.8, 4) is 5.75 Å². The normalized spacial score (nSPS) is 15.8. The summed E-state index contributed by atoms with van der Waals surface area (Å²) in [6, 6.07) is 5.66. The summed E-state index contributed by atoms with van der Waals surface area (Å²) in [7, 11) is 0. The molecule has 1 aliphatic carbocycles. The molecule has 1 aromatic carbocycles. The van der Waals surface area contributed by atoms with Crippen LogP contribution in [0.2, 0.25) is 0 Å². The highest BCUT2D eigenvalue weighted by molar-refractivity contribution is 5.88. The number of amides is 2. The molecule has 0 heterocycles. The predicted octanol–water partition coefficient (Wildman–Crippen LogP) is 2.41. The lowest BCUT2D eigenvalue weighted by Gasteiger charge is -2.16. The number of para-hydroxylation sites is 1. The van der Waals surface area contributed by atoms with Crippen LogP contribution < -0.4 is 15.4 Å². The van der Waals surface area contributed by atoms with Crippen molar-refractivity contribution in [1.29, 1.82) is 0 Å². The van der Waals surface area contributed by atoms with E-state index in [1.807, 2.05) is 0 Å². The first kappa shape index (κ1) is 18.2. The van der Waals surface area contributed by atoms with E-state index in [1.165, 1.54) is 6.07 Å². The molecular formula is C18H25FN2O3. The van der Waals surface area contributed by atoms with Gasteiger partial charge in [0.05, 0.1) is 6.61 Å². The molecule has 0 saturated heterocycles. The van der Waals surface area contributed by atoms with E-state index in [0.29, 0.717) is 19.6 Å². The van der Waals surface area contributed by atoms with E-state index in [-0.39, 0.29) is 23.5 Å². The molecule has 132 valence electrons. The van der Waals surface area contributed by atoms with E-state index < -0.39 is 11.9 Å². The van der Waals surface area contributed by atoms with Gasteiger partial charge >= 0.3 is 0 Å². The van der Waals surface area contributed by atoms with Gasteiger partial charge in [-0.1, -0.05) is 25.0 Å². The second kappa shape index (κ2) is 9.25. The standard InChI is InChI=1S/C18H25FN2O3/c1-13(21-18(23)14-7-2-3-8-14)17(22)20-11-6-12-24-16-10-5-4-9-15(16)19/h4-5,9-10,13-14H,2-3,6-8,11-12H2,1H3,(H,20,22)(H,21,23). The van der Waals surface area contributed by atoms with Gasteiger partial charge in [-0.2, -0.15) is 0 Å². The zero-order valence-corrected chi connectivity index (χ0v) is 14.0. The number of ether oxygens (including phenoxy) is 1. The van der Waals surface area contributed by atoms with Crippen LogP contribution in [0, 0.1) is 11.7 Å². The fraction of sp³-hybridized carbons (Fsp3) is 0.556. The van der Waals surface area contributed by atoms with Crippen molar-refractivity contribution in [1.82, 2.24) is 10.6 Å². The zero-order chi connectivity index (χ0) is 17.4. The molecule has 1 atom stereocenters. The molecule has 0 aliphatic heterocycles. The lowest BCUT2D eigenvalue weighted by Crippen LogP contribution is -2.46. The summed E-state index contributed by atoms with van der Waals surface area (Å²) in [5, 5.41) is 5.52. The maximum absolute atomic E-state index is 13.3. The third kappa shape index (κ3) is 5.51. The molecule has 1 aromatic rings. The van der Waals surface area contributed by atoms with Gasteiger partial charge in [0.15, 0.2) is 11.6 Å². The van der Waals surface area contributed by atoms with E-state index in [0.717, 1.165) is 25.7 Å². The Kier molecular flexibility index (Phi) is 7.03. The number of carbonyl (C=O) groups is 2. The van der Waals surface area contributed by atoms with Gasteiger partial charge in [-0.3, -0.25) is 9.59 Å². The Morgan fingerprint density at radius 1 is 1.29 bits per heavy atom. The van der Waals surface area contributed by atoms with Crippen molar-refractivity contribution in [2.45, 2.75) is 45.1 Å². The molecule has 0 spiro atoms. The minimum absolute atomic E-state index is 0.0296. The van der Waals surface area contributed by atoms with E-state index in [9.17, 15) is 14.0 Å². The number of hydrogen-bond acceptors (Lipinski definition) is 3. The van der Waals surface area contributed by atoms with E-state index in [4.69, 9.17) is 4.74 Å². The Balaban J connectivity index is 1.60. The summed E-state index contributed by atoms with van der Waals surface area (Å²) < 4.78 is 18.7. The Hall–Kier alpha value is -2.11. The Labute approximate surface area is 142 Å². The maximum atomic E-state index is 13.3. The molecule has 1 saturated carbocycles. The molecule has 1 fully saturated rings. The second-order valence-electron chi connectivity index (χ2n) is 6.14. The third-order valence-electron chi connectivity index (χ3n) is 4.19. The van der Waals surface area contributed by atoms with Crippen LogP contribution in [0.15, 0.2) is 24.3 Å². The first-order chi connectivity index (χ1) is 11.6. The maximum Gasteiger partial charge on any atom is 0.242 e. The smallest absolute Gasteiger partial charge is 0.242 e. The van der Waals surface area contributed by atoms with Crippen molar-refractivity contribution < 1.29 is 18.7 Å². The average molecular weight is 336 g/mol. The topological polar surface area (TPSA) is 67.4 Å². The zero-order valence-electron chi connectivity index (χ0n) is 14.0. The van der Waals surface area contributed by atoms with Gasteiger partial charge in [-0.05, 0) is 38.3 Å². The van der Waals surface area contributed by atoms with Gasteiger partial charge in [0, 0.05) is 12.5 Å². The van der Waals surface area contributed by atoms with Crippen LogP contribution in [0.4, 0.5) is 4.39 Å². The summed E-state index contributed by atoms with van der Waals surface area (Å²) in [5.41, 5.74) is 0. The number of hydrogen-bond donors (Lipinski definition) is 2. The van der Waals surface area contributed by atoms with Crippen molar-refractivity contribution >= 4 is 11.8 Å². The Morgan fingerprint density at radius 3 is 2.71 bits per heavy atom. The first-order valence-electron chi connectivity index (χ1n) is 8.53. The number of rotatable bonds is 8. The predicted molar refractivity (Wildman–Crippen MR) is 89.1 cm³/mol. The Morgan fingerprint density at radius 2 is 2.00 bits per heavy atom. The molecule has 2 amide bonds.